The average molecular weight is 249 g/mol. The van der Waals surface area contributed by atoms with E-state index < -0.39 is 0 Å². The summed E-state index contributed by atoms with van der Waals surface area (Å²) in [5.41, 5.74) is 2.45. The Hall–Kier alpha value is -1.06. The highest BCUT2D eigenvalue weighted by molar-refractivity contribution is 5.38. The van der Waals surface area contributed by atoms with Crippen LogP contribution >= 0.6 is 0 Å². The third-order valence-electron chi connectivity index (χ3n) is 3.94. The van der Waals surface area contributed by atoms with Gasteiger partial charge in [-0.2, -0.15) is 0 Å². The predicted octanol–water partition coefficient (Wildman–Crippen LogP) is 2.43. The van der Waals surface area contributed by atoms with Crippen molar-refractivity contribution in [2.75, 3.05) is 20.3 Å². The number of nitrogens with one attached hydrogen (secondary N) is 1. The summed E-state index contributed by atoms with van der Waals surface area (Å²) in [6.45, 7) is 5.01. The molecule has 1 fully saturated rings. The van der Waals surface area contributed by atoms with E-state index >= 15 is 0 Å². The SMILES string of the molecule is CCOc1ccc(C(NC)C2(CO)CC2)cc1C. The van der Waals surface area contributed by atoms with Gasteiger partial charge in [0, 0.05) is 11.5 Å². The molecule has 2 rings (SSSR count). The molecule has 0 radical (unpaired) electrons. The third-order valence-corrected chi connectivity index (χ3v) is 3.94. The minimum Gasteiger partial charge on any atom is -0.494 e. The average Bonchev–Trinajstić information content (AvgIpc) is 3.15. The summed E-state index contributed by atoms with van der Waals surface area (Å²) in [5, 5.41) is 12.9. The van der Waals surface area contributed by atoms with E-state index in [0.717, 1.165) is 24.2 Å². The van der Waals surface area contributed by atoms with Crippen molar-refractivity contribution < 1.29 is 9.84 Å². The highest BCUT2D eigenvalue weighted by atomic mass is 16.5. The Bertz CT molecular complexity index is 413. The number of ether oxygens (including phenoxy) is 1. The minimum absolute atomic E-state index is 0.0499. The van der Waals surface area contributed by atoms with E-state index in [9.17, 15) is 5.11 Å². The summed E-state index contributed by atoms with van der Waals surface area (Å²) in [6.07, 6.45) is 2.20. The van der Waals surface area contributed by atoms with Crippen LogP contribution in [-0.2, 0) is 0 Å². The van der Waals surface area contributed by atoms with Crippen LogP contribution in [0.4, 0.5) is 0 Å². The molecule has 1 aliphatic carbocycles. The smallest absolute Gasteiger partial charge is 0.122 e. The van der Waals surface area contributed by atoms with Crippen molar-refractivity contribution in [3.05, 3.63) is 29.3 Å². The fourth-order valence-corrected chi connectivity index (χ4v) is 2.69. The molecule has 0 aliphatic heterocycles. The van der Waals surface area contributed by atoms with E-state index in [4.69, 9.17) is 4.74 Å². The monoisotopic (exact) mass is 249 g/mol. The van der Waals surface area contributed by atoms with Crippen molar-refractivity contribution in [2.24, 2.45) is 5.41 Å². The summed E-state index contributed by atoms with van der Waals surface area (Å²) in [4.78, 5) is 0. The molecule has 0 spiro atoms. The lowest BCUT2D eigenvalue weighted by Crippen LogP contribution is -2.29. The lowest BCUT2D eigenvalue weighted by molar-refractivity contribution is 0.175. The number of rotatable bonds is 6. The van der Waals surface area contributed by atoms with Gasteiger partial charge in [-0.1, -0.05) is 12.1 Å². The number of benzene rings is 1. The first-order chi connectivity index (χ1) is 8.66. The van der Waals surface area contributed by atoms with Crippen LogP contribution < -0.4 is 10.1 Å². The van der Waals surface area contributed by atoms with Gasteiger partial charge >= 0.3 is 0 Å². The zero-order chi connectivity index (χ0) is 13.2. The van der Waals surface area contributed by atoms with Gasteiger partial charge in [0.05, 0.1) is 13.2 Å². The lowest BCUT2D eigenvalue weighted by Gasteiger charge is -2.26. The molecule has 1 aliphatic rings. The van der Waals surface area contributed by atoms with Crippen molar-refractivity contribution >= 4 is 0 Å². The molecular weight excluding hydrogens is 226 g/mol. The fourth-order valence-electron chi connectivity index (χ4n) is 2.69. The number of aryl methyl sites for hydroxylation is 1. The van der Waals surface area contributed by atoms with Crippen LogP contribution in [0.1, 0.15) is 36.9 Å². The third kappa shape index (κ3) is 2.38. The van der Waals surface area contributed by atoms with Crippen LogP contribution in [0.2, 0.25) is 0 Å². The number of hydrogen-bond donors (Lipinski definition) is 2. The topological polar surface area (TPSA) is 41.5 Å². The Morgan fingerprint density at radius 2 is 2.17 bits per heavy atom. The quantitative estimate of drug-likeness (QED) is 0.813. The van der Waals surface area contributed by atoms with Gasteiger partial charge in [0.25, 0.3) is 0 Å². The Labute approximate surface area is 109 Å². The molecule has 3 nitrogen and oxygen atoms in total. The first kappa shape index (κ1) is 13.4. The molecule has 0 heterocycles. The molecule has 18 heavy (non-hydrogen) atoms. The van der Waals surface area contributed by atoms with E-state index in [1.165, 1.54) is 5.56 Å². The maximum Gasteiger partial charge on any atom is 0.122 e. The van der Waals surface area contributed by atoms with Crippen molar-refractivity contribution in [3.8, 4) is 5.75 Å². The molecule has 1 atom stereocenters. The highest BCUT2D eigenvalue weighted by Crippen LogP contribution is 2.54. The Morgan fingerprint density at radius 3 is 2.61 bits per heavy atom. The van der Waals surface area contributed by atoms with Crippen LogP contribution in [0.25, 0.3) is 0 Å². The van der Waals surface area contributed by atoms with Crippen LogP contribution in [0, 0.1) is 12.3 Å². The molecule has 2 N–H and O–H groups in total. The van der Waals surface area contributed by atoms with E-state index in [0.29, 0.717) is 6.61 Å². The van der Waals surface area contributed by atoms with Crippen LogP contribution in [0.15, 0.2) is 18.2 Å². The Balaban J connectivity index is 2.24. The van der Waals surface area contributed by atoms with E-state index in [2.05, 4.69) is 24.4 Å². The van der Waals surface area contributed by atoms with Crippen LogP contribution in [0.5, 0.6) is 5.75 Å². The van der Waals surface area contributed by atoms with Gasteiger partial charge in [0.1, 0.15) is 5.75 Å². The van der Waals surface area contributed by atoms with Gasteiger partial charge in [-0.05, 0) is 50.9 Å². The van der Waals surface area contributed by atoms with E-state index in [-0.39, 0.29) is 18.1 Å². The summed E-state index contributed by atoms with van der Waals surface area (Å²) in [6, 6.07) is 6.54. The predicted molar refractivity (Wildman–Crippen MR) is 72.9 cm³/mol. The highest BCUT2D eigenvalue weighted by Gasteiger charge is 2.48. The standard InChI is InChI=1S/C15H23NO2/c1-4-18-13-6-5-12(9-11(13)2)14(16-3)15(10-17)7-8-15/h5-6,9,14,16-17H,4,7-8,10H2,1-3H3. The summed E-state index contributed by atoms with van der Waals surface area (Å²) in [5.74, 6) is 0.949. The number of aliphatic hydroxyl groups is 1. The van der Waals surface area contributed by atoms with E-state index in [1.807, 2.05) is 20.0 Å². The summed E-state index contributed by atoms with van der Waals surface area (Å²) < 4.78 is 5.56. The molecule has 0 bridgehead atoms. The van der Waals surface area contributed by atoms with Crippen molar-refractivity contribution in [1.29, 1.82) is 0 Å². The number of aliphatic hydroxyl groups excluding tert-OH is 1. The van der Waals surface area contributed by atoms with Gasteiger partial charge in [-0.15, -0.1) is 0 Å². The zero-order valence-corrected chi connectivity index (χ0v) is 11.5. The second-order valence-corrected chi connectivity index (χ2v) is 5.20. The van der Waals surface area contributed by atoms with Gasteiger partial charge in [-0.25, -0.2) is 0 Å². The second kappa shape index (κ2) is 5.29. The summed E-state index contributed by atoms with van der Waals surface area (Å²) >= 11 is 0. The van der Waals surface area contributed by atoms with Gasteiger partial charge in [-0.3, -0.25) is 0 Å². The maximum absolute atomic E-state index is 9.56. The summed E-state index contributed by atoms with van der Waals surface area (Å²) in [7, 11) is 1.96. The van der Waals surface area contributed by atoms with Crippen LogP contribution in [0.3, 0.4) is 0 Å². The molecule has 0 aromatic heterocycles. The molecule has 1 aromatic rings. The normalized spacial score (nSPS) is 18.4. The largest absolute Gasteiger partial charge is 0.494 e. The zero-order valence-electron chi connectivity index (χ0n) is 11.5. The van der Waals surface area contributed by atoms with Crippen LogP contribution in [-0.4, -0.2) is 25.4 Å². The van der Waals surface area contributed by atoms with Crippen molar-refractivity contribution in [3.63, 3.8) is 0 Å². The Morgan fingerprint density at radius 1 is 1.44 bits per heavy atom. The Kier molecular flexibility index (Phi) is 3.93. The van der Waals surface area contributed by atoms with Gasteiger partial charge in [0.15, 0.2) is 0 Å². The lowest BCUT2D eigenvalue weighted by atomic mass is 9.90. The van der Waals surface area contributed by atoms with E-state index in [1.54, 1.807) is 0 Å². The van der Waals surface area contributed by atoms with Gasteiger partial charge < -0.3 is 15.2 Å². The molecule has 1 unspecified atom stereocenters. The molecule has 1 aromatic carbocycles. The molecule has 100 valence electrons. The molecule has 3 heteroatoms. The number of hydrogen-bond acceptors (Lipinski definition) is 3. The molecule has 0 saturated heterocycles. The molecule has 1 saturated carbocycles. The van der Waals surface area contributed by atoms with Crippen molar-refractivity contribution in [1.82, 2.24) is 5.32 Å². The first-order valence-corrected chi connectivity index (χ1v) is 6.68. The van der Waals surface area contributed by atoms with Crippen molar-refractivity contribution in [2.45, 2.75) is 32.7 Å². The molecular formula is C15H23NO2. The first-order valence-electron chi connectivity index (χ1n) is 6.68. The molecule has 0 amide bonds. The second-order valence-electron chi connectivity index (χ2n) is 5.20. The fraction of sp³-hybridized carbons (Fsp3) is 0.600. The van der Waals surface area contributed by atoms with Gasteiger partial charge in [0.2, 0.25) is 0 Å². The maximum atomic E-state index is 9.56. The minimum atomic E-state index is 0.0499.